The maximum atomic E-state index is 10.6. The lowest BCUT2D eigenvalue weighted by Gasteiger charge is -2.36. The summed E-state index contributed by atoms with van der Waals surface area (Å²) < 4.78 is 2.85. The SMILES string of the molecule is CCn1nc(C)c(Br)c1CC(O)C1(O)CCCCC1. The van der Waals surface area contributed by atoms with Crippen LogP contribution in [0.5, 0.6) is 0 Å². The Morgan fingerprint density at radius 1 is 1.37 bits per heavy atom. The molecule has 19 heavy (non-hydrogen) atoms. The highest BCUT2D eigenvalue weighted by Crippen LogP contribution is 2.33. The van der Waals surface area contributed by atoms with Crippen LogP contribution < -0.4 is 0 Å². The van der Waals surface area contributed by atoms with Crippen LogP contribution in [0.25, 0.3) is 0 Å². The lowest BCUT2D eigenvalue weighted by atomic mass is 9.79. The Kier molecular flexibility index (Phi) is 4.69. The molecule has 108 valence electrons. The van der Waals surface area contributed by atoms with Crippen LogP contribution in [0.1, 0.15) is 50.4 Å². The number of aliphatic hydroxyl groups excluding tert-OH is 1. The van der Waals surface area contributed by atoms with E-state index in [4.69, 9.17) is 0 Å². The first-order valence-electron chi connectivity index (χ1n) is 7.10. The molecule has 1 aromatic rings. The van der Waals surface area contributed by atoms with Gasteiger partial charge in [-0.3, -0.25) is 4.68 Å². The van der Waals surface area contributed by atoms with E-state index in [0.29, 0.717) is 19.3 Å². The molecule has 1 saturated carbocycles. The Bertz CT molecular complexity index is 439. The van der Waals surface area contributed by atoms with Gasteiger partial charge in [-0.15, -0.1) is 0 Å². The number of nitrogens with zero attached hydrogens (tertiary/aromatic N) is 2. The van der Waals surface area contributed by atoms with Crippen LogP contribution in [0.2, 0.25) is 0 Å². The Morgan fingerprint density at radius 2 is 2.00 bits per heavy atom. The van der Waals surface area contributed by atoms with Crippen LogP contribution in [0.3, 0.4) is 0 Å². The molecule has 1 aliphatic carbocycles. The van der Waals surface area contributed by atoms with Gasteiger partial charge in [-0.05, 0) is 42.6 Å². The van der Waals surface area contributed by atoms with Crippen molar-refractivity contribution < 1.29 is 10.2 Å². The zero-order chi connectivity index (χ0) is 14.0. The molecule has 2 N–H and O–H groups in total. The molecule has 0 radical (unpaired) electrons. The van der Waals surface area contributed by atoms with Crippen molar-refractivity contribution in [2.24, 2.45) is 0 Å². The van der Waals surface area contributed by atoms with Crippen molar-refractivity contribution in [1.82, 2.24) is 9.78 Å². The summed E-state index contributed by atoms with van der Waals surface area (Å²) in [5.74, 6) is 0. The zero-order valence-electron chi connectivity index (χ0n) is 11.7. The third-order valence-electron chi connectivity index (χ3n) is 4.18. The van der Waals surface area contributed by atoms with Gasteiger partial charge in [0.05, 0.1) is 27.6 Å². The quantitative estimate of drug-likeness (QED) is 0.892. The summed E-state index contributed by atoms with van der Waals surface area (Å²) in [6, 6.07) is 0. The average molecular weight is 331 g/mol. The summed E-state index contributed by atoms with van der Waals surface area (Å²) in [5.41, 5.74) is 0.986. The van der Waals surface area contributed by atoms with Gasteiger partial charge in [-0.25, -0.2) is 0 Å². The summed E-state index contributed by atoms with van der Waals surface area (Å²) in [4.78, 5) is 0. The highest BCUT2D eigenvalue weighted by atomic mass is 79.9. The fraction of sp³-hybridized carbons (Fsp3) is 0.786. The van der Waals surface area contributed by atoms with Crippen LogP contribution in [0.15, 0.2) is 4.47 Å². The molecule has 1 atom stereocenters. The molecule has 0 amide bonds. The van der Waals surface area contributed by atoms with Gasteiger partial charge in [0.2, 0.25) is 0 Å². The highest BCUT2D eigenvalue weighted by molar-refractivity contribution is 9.10. The number of aromatic nitrogens is 2. The predicted octanol–water partition coefficient (Wildman–Crippen LogP) is 2.57. The van der Waals surface area contributed by atoms with Crippen LogP contribution in [-0.4, -0.2) is 31.7 Å². The van der Waals surface area contributed by atoms with Crippen molar-refractivity contribution in [2.45, 2.75) is 70.6 Å². The van der Waals surface area contributed by atoms with Crippen molar-refractivity contribution in [3.8, 4) is 0 Å². The Labute approximate surface area is 123 Å². The topological polar surface area (TPSA) is 58.3 Å². The van der Waals surface area contributed by atoms with Gasteiger partial charge >= 0.3 is 0 Å². The summed E-state index contributed by atoms with van der Waals surface area (Å²) in [7, 11) is 0. The number of aryl methyl sites for hydroxylation is 2. The number of rotatable bonds is 4. The van der Waals surface area contributed by atoms with Gasteiger partial charge in [0.1, 0.15) is 0 Å². The van der Waals surface area contributed by atoms with Crippen molar-refractivity contribution >= 4 is 15.9 Å². The fourth-order valence-corrected chi connectivity index (χ4v) is 3.38. The van der Waals surface area contributed by atoms with Gasteiger partial charge in [0.25, 0.3) is 0 Å². The zero-order valence-corrected chi connectivity index (χ0v) is 13.3. The molecule has 1 heterocycles. The number of aliphatic hydroxyl groups is 2. The van der Waals surface area contributed by atoms with Crippen LogP contribution >= 0.6 is 15.9 Å². The molecule has 0 saturated heterocycles. The van der Waals surface area contributed by atoms with E-state index in [1.54, 1.807) is 0 Å². The second-order valence-electron chi connectivity index (χ2n) is 5.55. The van der Waals surface area contributed by atoms with Crippen LogP contribution in [0.4, 0.5) is 0 Å². The molecule has 1 fully saturated rings. The molecule has 1 unspecified atom stereocenters. The van der Waals surface area contributed by atoms with E-state index in [1.165, 1.54) is 0 Å². The summed E-state index contributed by atoms with van der Waals surface area (Å²) >= 11 is 3.54. The first-order valence-corrected chi connectivity index (χ1v) is 7.89. The van der Waals surface area contributed by atoms with Crippen molar-refractivity contribution in [2.75, 3.05) is 0 Å². The fourth-order valence-electron chi connectivity index (χ4n) is 2.93. The third-order valence-corrected chi connectivity index (χ3v) is 5.21. The molecule has 0 aromatic carbocycles. The first-order chi connectivity index (χ1) is 8.98. The second kappa shape index (κ2) is 5.94. The Hall–Kier alpha value is -0.390. The minimum Gasteiger partial charge on any atom is -0.390 e. The van der Waals surface area contributed by atoms with Gasteiger partial charge < -0.3 is 10.2 Å². The molecule has 1 aromatic heterocycles. The van der Waals surface area contributed by atoms with Crippen LogP contribution in [-0.2, 0) is 13.0 Å². The predicted molar refractivity (Wildman–Crippen MR) is 78.1 cm³/mol. The maximum Gasteiger partial charge on any atom is 0.0909 e. The molecule has 5 heteroatoms. The molecule has 0 spiro atoms. The normalized spacial score (nSPS) is 20.5. The van der Waals surface area contributed by atoms with E-state index in [2.05, 4.69) is 21.0 Å². The van der Waals surface area contributed by atoms with E-state index in [-0.39, 0.29) is 0 Å². The summed E-state index contributed by atoms with van der Waals surface area (Å²) in [6.45, 7) is 4.75. The average Bonchev–Trinajstić information content (AvgIpc) is 2.67. The number of hydrogen-bond acceptors (Lipinski definition) is 3. The van der Waals surface area contributed by atoms with Gasteiger partial charge in [-0.2, -0.15) is 5.10 Å². The van der Waals surface area contributed by atoms with Crippen molar-refractivity contribution in [3.63, 3.8) is 0 Å². The van der Waals surface area contributed by atoms with Crippen LogP contribution in [0, 0.1) is 6.92 Å². The standard InChI is InChI=1S/C14H23BrN2O2/c1-3-17-11(13(15)10(2)16-17)9-12(18)14(19)7-5-4-6-8-14/h12,18-19H,3-9H2,1-2H3. The Morgan fingerprint density at radius 3 is 2.58 bits per heavy atom. The minimum absolute atomic E-state index is 0.450. The number of hydrogen-bond donors (Lipinski definition) is 2. The molecule has 2 rings (SSSR count). The molecule has 0 bridgehead atoms. The van der Waals surface area contributed by atoms with Crippen molar-refractivity contribution in [1.29, 1.82) is 0 Å². The molecule has 4 nitrogen and oxygen atoms in total. The van der Waals surface area contributed by atoms with E-state index < -0.39 is 11.7 Å². The lowest BCUT2D eigenvalue weighted by molar-refractivity contribution is -0.0967. The Balaban J connectivity index is 2.16. The maximum absolute atomic E-state index is 10.6. The van der Waals surface area contributed by atoms with Gasteiger partial charge in [0.15, 0.2) is 0 Å². The van der Waals surface area contributed by atoms with Crippen molar-refractivity contribution in [3.05, 3.63) is 15.9 Å². The smallest absolute Gasteiger partial charge is 0.0909 e. The first kappa shape index (κ1) is 15.0. The monoisotopic (exact) mass is 330 g/mol. The lowest BCUT2D eigenvalue weighted by Crippen LogP contribution is -2.45. The molecular formula is C14H23BrN2O2. The highest BCUT2D eigenvalue weighted by Gasteiger charge is 2.37. The number of halogens is 1. The van der Waals surface area contributed by atoms with Gasteiger partial charge in [0, 0.05) is 13.0 Å². The van der Waals surface area contributed by atoms with Gasteiger partial charge in [-0.1, -0.05) is 19.3 Å². The molecule has 1 aliphatic rings. The van der Waals surface area contributed by atoms with E-state index in [0.717, 1.165) is 41.7 Å². The third kappa shape index (κ3) is 3.03. The second-order valence-corrected chi connectivity index (χ2v) is 6.34. The molecule has 0 aliphatic heterocycles. The minimum atomic E-state index is -0.922. The van der Waals surface area contributed by atoms with E-state index >= 15 is 0 Å². The van der Waals surface area contributed by atoms with E-state index in [1.807, 2.05) is 18.5 Å². The van der Waals surface area contributed by atoms with E-state index in [9.17, 15) is 10.2 Å². The largest absolute Gasteiger partial charge is 0.390 e. The molecular weight excluding hydrogens is 308 g/mol. The summed E-state index contributed by atoms with van der Waals surface area (Å²) in [6.07, 6.45) is 4.29. The summed E-state index contributed by atoms with van der Waals surface area (Å²) in [5, 5.41) is 25.4.